The van der Waals surface area contributed by atoms with Gasteiger partial charge in [-0.15, -0.1) is 0 Å². The number of carbonyl (C=O) groups excluding carboxylic acids is 1. The zero-order valence-electron chi connectivity index (χ0n) is 8.56. The molecule has 2 aromatic rings. The van der Waals surface area contributed by atoms with Gasteiger partial charge in [-0.25, -0.2) is 14.8 Å². The monoisotopic (exact) mass is 219 g/mol. The Morgan fingerprint density at radius 1 is 1.56 bits per heavy atom. The minimum atomic E-state index is -0.648. The van der Waals surface area contributed by atoms with Crippen LogP contribution in [0.4, 0.5) is 0 Å². The van der Waals surface area contributed by atoms with Crippen molar-refractivity contribution in [3.05, 3.63) is 34.5 Å². The average molecular weight is 219 g/mol. The predicted molar refractivity (Wildman–Crippen MR) is 56.1 cm³/mol. The molecule has 0 saturated carbocycles. The summed E-state index contributed by atoms with van der Waals surface area (Å²) in [4.78, 5) is 33.1. The van der Waals surface area contributed by atoms with Gasteiger partial charge in [0.2, 0.25) is 5.82 Å². The molecule has 0 unspecified atom stereocenters. The van der Waals surface area contributed by atoms with Crippen molar-refractivity contribution in [3.8, 4) is 0 Å². The minimum absolute atomic E-state index is 0.104. The van der Waals surface area contributed by atoms with E-state index in [1.807, 2.05) is 0 Å². The number of esters is 1. The average Bonchev–Trinajstić information content (AvgIpc) is 2.29. The third-order valence-electron chi connectivity index (χ3n) is 1.93. The molecule has 2 aromatic heterocycles. The lowest BCUT2D eigenvalue weighted by Gasteiger charge is -2.01. The molecule has 0 aromatic carbocycles. The smallest absolute Gasteiger partial charge is 0.374 e. The number of carbonyl (C=O) groups is 1. The summed E-state index contributed by atoms with van der Waals surface area (Å²) >= 11 is 0. The van der Waals surface area contributed by atoms with Gasteiger partial charge in [0, 0.05) is 6.20 Å². The number of fused-ring (bicyclic) bond motifs is 1. The van der Waals surface area contributed by atoms with Gasteiger partial charge in [-0.05, 0) is 19.1 Å². The van der Waals surface area contributed by atoms with Crippen molar-refractivity contribution >= 4 is 17.0 Å². The Hall–Kier alpha value is -2.24. The molecule has 0 atom stereocenters. The molecule has 0 aliphatic carbocycles. The van der Waals surface area contributed by atoms with E-state index in [1.165, 1.54) is 6.20 Å². The van der Waals surface area contributed by atoms with E-state index in [0.717, 1.165) is 0 Å². The highest BCUT2D eigenvalue weighted by atomic mass is 16.5. The lowest BCUT2D eigenvalue weighted by atomic mass is 10.3. The molecular formula is C10H9N3O3. The van der Waals surface area contributed by atoms with Crippen molar-refractivity contribution in [2.75, 3.05) is 6.61 Å². The summed E-state index contributed by atoms with van der Waals surface area (Å²) in [5, 5.41) is 0. The third-order valence-corrected chi connectivity index (χ3v) is 1.93. The zero-order valence-corrected chi connectivity index (χ0v) is 8.56. The molecule has 82 valence electrons. The first-order chi connectivity index (χ1) is 7.72. The fourth-order valence-electron chi connectivity index (χ4n) is 1.27. The molecule has 6 heteroatoms. The number of H-pyrrole nitrogens is 1. The van der Waals surface area contributed by atoms with Gasteiger partial charge >= 0.3 is 5.97 Å². The lowest BCUT2D eigenvalue weighted by molar-refractivity contribution is 0.0512. The zero-order chi connectivity index (χ0) is 11.5. The topological polar surface area (TPSA) is 84.9 Å². The summed E-state index contributed by atoms with van der Waals surface area (Å²) in [6.45, 7) is 1.91. The molecule has 0 spiro atoms. The fraction of sp³-hybridized carbons (Fsp3) is 0.200. The summed E-state index contributed by atoms with van der Waals surface area (Å²) in [6.07, 6.45) is 1.49. The Kier molecular flexibility index (Phi) is 2.63. The molecule has 0 fully saturated rings. The van der Waals surface area contributed by atoms with Crippen molar-refractivity contribution in [3.63, 3.8) is 0 Å². The summed E-state index contributed by atoms with van der Waals surface area (Å²) < 4.78 is 4.74. The van der Waals surface area contributed by atoms with Crippen LogP contribution in [0.1, 0.15) is 17.5 Å². The highest BCUT2D eigenvalue weighted by Crippen LogP contribution is 2.02. The molecule has 2 heterocycles. The molecule has 0 saturated heterocycles. The van der Waals surface area contributed by atoms with Gasteiger partial charge in [-0.3, -0.25) is 9.78 Å². The van der Waals surface area contributed by atoms with Gasteiger partial charge in [0.1, 0.15) is 0 Å². The molecule has 16 heavy (non-hydrogen) atoms. The Labute approximate surface area is 90.3 Å². The van der Waals surface area contributed by atoms with E-state index < -0.39 is 11.5 Å². The van der Waals surface area contributed by atoms with Crippen LogP contribution in [0.25, 0.3) is 11.0 Å². The maximum Gasteiger partial charge on any atom is 0.374 e. The van der Waals surface area contributed by atoms with Crippen LogP contribution >= 0.6 is 0 Å². The summed E-state index contributed by atoms with van der Waals surface area (Å²) in [5.74, 6) is -0.752. The van der Waals surface area contributed by atoms with Crippen LogP contribution < -0.4 is 5.56 Å². The maximum atomic E-state index is 11.5. The highest BCUT2D eigenvalue weighted by molar-refractivity contribution is 5.87. The molecular weight excluding hydrogens is 210 g/mol. The van der Waals surface area contributed by atoms with Crippen molar-refractivity contribution in [1.82, 2.24) is 15.0 Å². The minimum Gasteiger partial charge on any atom is -0.460 e. The normalized spacial score (nSPS) is 10.3. The molecule has 0 amide bonds. The van der Waals surface area contributed by atoms with E-state index in [9.17, 15) is 9.59 Å². The summed E-state index contributed by atoms with van der Waals surface area (Å²) in [6, 6.07) is 3.25. The van der Waals surface area contributed by atoms with E-state index in [2.05, 4.69) is 15.0 Å². The molecule has 0 bridgehead atoms. The number of nitrogens with zero attached hydrogens (tertiary/aromatic N) is 2. The van der Waals surface area contributed by atoms with Crippen LogP contribution in [-0.4, -0.2) is 27.5 Å². The molecule has 0 aliphatic rings. The summed E-state index contributed by atoms with van der Waals surface area (Å²) in [7, 11) is 0. The van der Waals surface area contributed by atoms with Crippen LogP contribution in [0.15, 0.2) is 23.1 Å². The van der Waals surface area contributed by atoms with Gasteiger partial charge in [0.05, 0.1) is 12.1 Å². The Balaban J connectivity index is 2.58. The van der Waals surface area contributed by atoms with Crippen molar-refractivity contribution in [1.29, 1.82) is 0 Å². The number of rotatable bonds is 2. The van der Waals surface area contributed by atoms with Crippen LogP contribution in [0.3, 0.4) is 0 Å². The van der Waals surface area contributed by atoms with E-state index in [-0.39, 0.29) is 17.9 Å². The molecule has 0 radical (unpaired) electrons. The largest absolute Gasteiger partial charge is 0.460 e. The number of pyridine rings is 1. The van der Waals surface area contributed by atoms with Crippen LogP contribution in [0, 0.1) is 0 Å². The molecule has 6 nitrogen and oxygen atoms in total. The maximum absolute atomic E-state index is 11.5. The van der Waals surface area contributed by atoms with Crippen LogP contribution in [0.2, 0.25) is 0 Å². The number of hydrogen-bond acceptors (Lipinski definition) is 5. The van der Waals surface area contributed by atoms with E-state index >= 15 is 0 Å². The Morgan fingerprint density at radius 3 is 3.12 bits per heavy atom. The fourth-order valence-corrected chi connectivity index (χ4v) is 1.27. The van der Waals surface area contributed by atoms with Gasteiger partial charge in [-0.1, -0.05) is 0 Å². The first-order valence-corrected chi connectivity index (χ1v) is 4.74. The first-order valence-electron chi connectivity index (χ1n) is 4.74. The second-order valence-electron chi connectivity index (χ2n) is 3.01. The van der Waals surface area contributed by atoms with Gasteiger partial charge in [0.25, 0.3) is 5.56 Å². The molecule has 1 N–H and O–H groups in total. The first kappa shape index (κ1) is 10.3. The highest BCUT2D eigenvalue weighted by Gasteiger charge is 2.12. The lowest BCUT2D eigenvalue weighted by Crippen LogP contribution is -2.18. The predicted octanol–water partition coefficient (Wildman–Crippen LogP) is 0.495. The van der Waals surface area contributed by atoms with E-state index in [0.29, 0.717) is 5.52 Å². The van der Waals surface area contributed by atoms with Gasteiger partial charge < -0.3 is 4.74 Å². The standard InChI is InChI=1S/C10H9N3O3/c1-2-16-10(15)8-12-6-4-3-5-11-7(6)9(14)13-8/h3-5H,2H2,1H3,(H,12,13,14). The Morgan fingerprint density at radius 2 is 2.38 bits per heavy atom. The summed E-state index contributed by atoms with van der Waals surface area (Å²) in [5.41, 5.74) is 0.124. The van der Waals surface area contributed by atoms with Crippen molar-refractivity contribution in [2.24, 2.45) is 0 Å². The van der Waals surface area contributed by atoms with Gasteiger partial charge in [-0.2, -0.15) is 0 Å². The van der Waals surface area contributed by atoms with E-state index in [1.54, 1.807) is 19.1 Å². The SMILES string of the molecule is CCOC(=O)c1nc2cccnc2c(=O)[nH]1. The van der Waals surface area contributed by atoms with E-state index in [4.69, 9.17) is 4.74 Å². The third kappa shape index (κ3) is 1.77. The number of aromatic amines is 1. The second kappa shape index (κ2) is 4.09. The Bertz CT molecular complexity index is 591. The van der Waals surface area contributed by atoms with Crippen LogP contribution in [-0.2, 0) is 4.74 Å². The number of aromatic nitrogens is 3. The number of ether oxygens (including phenoxy) is 1. The number of nitrogens with one attached hydrogen (secondary N) is 1. The molecule has 2 rings (SSSR count). The van der Waals surface area contributed by atoms with Crippen LogP contribution in [0.5, 0.6) is 0 Å². The van der Waals surface area contributed by atoms with Crippen molar-refractivity contribution < 1.29 is 9.53 Å². The second-order valence-corrected chi connectivity index (χ2v) is 3.01. The van der Waals surface area contributed by atoms with Gasteiger partial charge in [0.15, 0.2) is 5.52 Å². The quantitative estimate of drug-likeness (QED) is 0.743. The molecule has 0 aliphatic heterocycles. The number of hydrogen-bond donors (Lipinski definition) is 1. The van der Waals surface area contributed by atoms with Crippen molar-refractivity contribution in [2.45, 2.75) is 6.92 Å².